The molecule has 0 spiro atoms. The third kappa shape index (κ3) is 3.31. The van der Waals surface area contributed by atoms with Crippen LogP contribution < -0.4 is 5.32 Å². The van der Waals surface area contributed by atoms with Gasteiger partial charge in [0.1, 0.15) is 0 Å². The first-order valence-corrected chi connectivity index (χ1v) is 7.35. The summed E-state index contributed by atoms with van der Waals surface area (Å²) >= 11 is 0. The van der Waals surface area contributed by atoms with Crippen LogP contribution in [0.15, 0.2) is 36.5 Å². The quantitative estimate of drug-likeness (QED) is 0.941. The minimum atomic E-state index is -0.841. The molecule has 1 aromatic carbocycles. The molecule has 1 N–H and O–H groups in total. The summed E-state index contributed by atoms with van der Waals surface area (Å²) in [5.74, 6) is -1.68. The van der Waals surface area contributed by atoms with E-state index < -0.39 is 11.6 Å². The monoisotopic (exact) mass is 304 g/mol. The van der Waals surface area contributed by atoms with Crippen molar-refractivity contribution in [3.8, 4) is 0 Å². The number of ether oxygens (including phenoxy) is 1. The van der Waals surface area contributed by atoms with Crippen LogP contribution in [0.5, 0.6) is 0 Å². The predicted octanol–water partition coefficient (Wildman–Crippen LogP) is 3.29. The average Bonchev–Trinajstić information content (AvgIpc) is 2.98. The number of hydrogen-bond acceptors (Lipinski definition) is 3. The highest BCUT2D eigenvalue weighted by atomic mass is 19.2. The minimum Gasteiger partial charge on any atom is -0.372 e. The van der Waals surface area contributed by atoms with Crippen molar-refractivity contribution in [2.45, 2.75) is 32.0 Å². The van der Waals surface area contributed by atoms with Crippen LogP contribution in [0.1, 0.15) is 29.3 Å². The molecule has 1 aromatic heterocycles. The molecule has 1 aliphatic heterocycles. The van der Waals surface area contributed by atoms with Crippen LogP contribution in [-0.2, 0) is 11.3 Å². The Kier molecular flexibility index (Phi) is 4.45. The molecule has 3 rings (SSSR count). The molecule has 0 bridgehead atoms. The van der Waals surface area contributed by atoms with Gasteiger partial charge in [-0.1, -0.05) is 12.1 Å². The zero-order valence-corrected chi connectivity index (χ0v) is 12.4. The van der Waals surface area contributed by atoms with Crippen molar-refractivity contribution in [2.24, 2.45) is 0 Å². The standard InChI is InChI=1S/C17H18F2N2O/c1-11-2-4-13(20-9-11)10-21-16-6-7-22-17(16)12-3-5-14(18)15(19)8-12/h2-5,8-9,16-17,21H,6-7,10H2,1H3/t16-,17-/m0/s1. The van der Waals surface area contributed by atoms with Gasteiger partial charge in [-0.3, -0.25) is 4.98 Å². The first-order chi connectivity index (χ1) is 10.6. The molecule has 0 aliphatic carbocycles. The normalized spacial score (nSPS) is 21.2. The fourth-order valence-corrected chi connectivity index (χ4v) is 2.66. The van der Waals surface area contributed by atoms with E-state index >= 15 is 0 Å². The van der Waals surface area contributed by atoms with E-state index in [1.807, 2.05) is 25.3 Å². The van der Waals surface area contributed by atoms with Gasteiger partial charge in [0.05, 0.1) is 11.8 Å². The van der Waals surface area contributed by atoms with Crippen molar-refractivity contribution in [3.05, 3.63) is 65.0 Å². The predicted molar refractivity (Wildman–Crippen MR) is 79.3 cm³/mol. The number of aromatic nitrogens is 1. The summed E-state index contributed by atoms with van der Waals surface area (Å²) in [5.41, 5.74) is 2.72. The Morgan fingerprint density at radius 3 is 2.82 bits per heavy atom. The van der Waals surface area contributed by atoms with Gasteiger partial charge in [0.2, 0.25) is 0 Å². The SMILES string of the molecule is Cc1ccc(CN[C@H]2CCO[C@H]2c2ccc(F)c(F)c2)nc1. The summed E-state index contributed by atoms with van der Waals surface area (Å²) in [6, 6.07) is 7.99. The maximum atomic E-state index is 13.4. The first kappa shape index (κ1) is 15.1. The van der Waals surface area contributed by atoms with Crippen LogP contribution in [-0.4, -0.2) is 17.6 Å². The van der Waals surface area contributed by atoms with E-state index in [0.717, 1.165) is 23.7 Å². The number of benzene rings is 1. The summed E-state index contributed by atoms with van der Waals surface area (Å²) in [6.07, 6.45) is 2.39. The van der Waals surface area contributed by atoms with Gasteiger partial charge >= 0.3 is 0 Å². The molecule has 5 heteroatoms. The maximum absolute atomic E-state index is 13.4. The van der Waals surface area contributed by atoms with Crippen molar-refractivity contribution in [3.63, 3.8) is 0 Å². The van der Waals surface area contributed by atoms with Gasteiger partial charge in [-0.05, 0) is 42.7 Å². The molecule has 2 aromatic rings. The van der Waals surface area contributed by atoms with Crippen LogP contribution in [0.25, 0.3) is 0 Å². The second kappa shape index (κ2) is 6.50. The van der Waals surface area contributed by atoms with Crippen molar-refractivity contribution in [1.29, 1.82) is 0 Å². The van der Waals surface area contributed by atoms with Gasteiger partial charge in [0.25, 0.3) is 0 Å². The molecule has 0 amide bonds. The first-order valence-electron chi connectivity index (χ1n) is 7.35. The second-order valence-corrected chi connectivity index (χ2v) is 5.57. The molecule has 2 atom stereocenters. The van der Waals surface area contributed by atoms with E-state index in [0.29, 0.717) is 18.7 Å². The Morgan fingerprint density at radius 2 is 2.09 bits per heavy atom. The van der Waals surface area contributed by atoms with E-state index in [1.165, 1.54) is 6.07 Å². The van der Waals surface area contributed by atoms with Gasteiger partial charge in [0, 0.05) is 25.4 Å². The van der Waals surface area contributed by atoms with Gasteiger partial charge in [0.15, 0.2) is 11.6 Å². The number of halogens is 2. The van der Waals surface area contributed by atoms with Gasteiger partial charge in [-0.2, -0.15) is 0 Å². The smallest absolute Gasteiger partial charge is 0.159 e. The average molecular weight is 304 g/mol. The highest BCUT2D eigenvalue weighted by molar-refractivity contribution is 5.22. The maximum Gasteiger partial charge on any atom is 0.159 e. The number of rotatable bonds is 4. The van der Waals surface area contributed by atoms with Gasteiger partial charge < -0.3 is 10.1 Å². The molecule has 1 aliphatic rings. The lowest BCUT2D eigenvalue weighted by Gasteiger charge is -2.20. The molecule has 22 heavy (non-hydrogen) atoms. The zero-order valence-electron chi connectivity index (χ0n) is 12.4. The lowest BCUT2D eigenvalue weighted by atomic mass is 10.0. The minimum absolute atomic E-state index is 0.0629. The Morgan fingerprint density at radius 1 is 1.23 bits per heavy atom. The van der Waals surface area contributed by atoms with Crippen LogP contribution in [0.4, 0.5) is 8.78 Å². The van der Waals surface area contributed by atoms with Crippen molar-refractivity contribution in [1.82, 2.24) is 10.3 Å². The summed E-state index contributed by atoms with van der Waals surface area (Å²) < 4.78 is 32.1. The van der Waals surface area contributed by atoms with Crippen LogP contribution in [0.2, 0.25) is 0 Å². The van der Waals surface area contributed by atoms with Gasteiger partial charge in [-0.15, -0.1) is 0 Å². The summed E-state index contributed by atoms with van der Waals surface area (Å²) in [5, 5.41) is 3.40. The zero-order chi connectivity index (χ0) is 15.5. The van der Waals surface area contributed by atoms with Crippen LogP contribution in [0.3, 0.4) is 0 Å². The fraction of sp³-hybridized carbons (Fsp3) is 0.353. The third-order valence-electron chi connectivity index (χ3n) is 3.88. The largest absolute Gasteiger partial charge is 0.372 e. The molecule has 0 radical (unpaired) electrons. The van der Waals surface area contributed by atoms with Crippen molar-refractivity contribution < 1.29 is 13.5 Å². The molecule has 3 nitrogen and oxygen atoms in total. The number of pyridine rings is 1. The summed E-state index contributed by atoms with van der Waals surface area (Å²) in [4.78, 5) is 4.35. The Labute approximate surface area is 128 Å². The summed E-state index contributed by atoms with van der Waals surface area (Å²) in [6.45, 7) is 3.21. The van der Waals surface area contributed by atoms with Gasteiger partial charge in [-0.25, -0.2) is 8.78 Å². The van der Waals surface area contributed by atoms with E-state index in [2.05, 4.69) is 10.3 Å². The third-order valence-corrected chi connectivity index (χ3v) is 3.88. The number of nitrogens with one attached hydrogen (secondary N) is 1. The molecule has 1 saturated heterocycles. The fourth-order valence-electron chi connectivity index (χ4n) is 2.66. The molecule has 2 heterocycles. The number of aryl methyl sites for hydroxylation is 1. The van der Waals surface area contributed by atoms with E-state index in [-0.39, 0.29) is 12.1 Å². The van der Waals surface area contributed by atoms with Crippen molar-refractivity contribution >= 4 is 0 Å². The highest BCUT2D eigenvalue weighted by Gasteiger charge is 2.29. The highest BCUT2D eigenvalue weighted by Crippen LogP contribution is 2.30. The Bertz CT molecular complexity index is 646. The molecular weight excluding hydrogens is 286 g/mol. The van der Waals surface area contributed by atoms with E-state index in [1.54, 1.807) is 6.07 Å². The molecule has 116 valence electrons. The number of nitrogens with zero attached hydrogens (tertiary/aromatic N) is 1. The van der Waals surface area contributed by atoms with E-state index in [9.17, 15) is 8.78 Å². The second-order valence-electron chi connectivity index (χ2n) is 5.57. The Hall–Kier alpha value is -1.85. The van der Waals surface area contributed by atoms with Crippen LogP contribution >= 0.6 is 0 Å². The summed E-state index contributed by atoms with van der Waals surface area (Å²) in [7, 11) is 0. The molecule has 0 unspecified atom stereocenters. The topological polar surface area (TPSA) is 34.1 Å². The van der Waals surface area contributed by atoms with Crippen LogP contribution in [0, 0.1) is 18.6 Å². The lowest BCUT2D eigenvalue weighted by Crippen LogP contribution is -2.31. The molecule has 1 fully saturated rings. The number of hydrogen-bond donors (Lipinski definition) is 1. The lowest BCUT2D eigenvalue weighted by molar-refractivity contribution is 0.0980. The van der Waals surface area contributed by atoms with Crippen molar-refractivity contribution in [2.75, 3.05) is 6.61 Å². The molecule has 0 saturated carbocycles. The molecular formula is C17H18F2N2O. The Balaban J connectivity index is 1.67. The van der Waals surface area contributed by atoms with E-state index in [4.69, 9.17) is 4.74 Å².